The van der Waals surface area contributed by atoms with Crippen molar-refractivity contribution in [2.75, 3.05) is 25.6 Å². The van der Waals surface area contributed by atoms with Crippen LogP contribution in [0, 0.1) is 10.1 Å². The van der Waals surface area contributed by atoms with Gasteiger partial charge in [0, 0.05) is 31.0 Å². The van der Waals surface area contributed by atoms with Gasteiger partial charge in [-0.25, -0.2) is 19.6 Å². The highest BCUT2D eigenvalue weighted by Gasteiger charge is 2.23. The molecule has 5 rings (SSSR count). The first-order valence-corrected chi connectivity index (χ1v) is 12.7. The van der Waals surface area contributed by atoms with Crippen LogP contribution in [0.25, 0.3) is 22.4 Å². The number of pyridine rings is 1. The molecular formula is C24H25N7O5S. The Bertz CT molecular complexity index is 1410. The quantitative estimate of drug-likeness (QED) is 0.188. The van der Waals surface area contributed by atoms with Gasteiger partial charge < -0.3 is 14.8 Å². The smallest absolute Gasteiger partial charge is 0.324 e. The van der Waals surface area contributed by atoms with Crippen molar-refractivity contribution >= 4 is 39.1 Å². The molecule has 1 saturated carbocycles. The van der Waals surface area contributed by atoms with Gasteiger partial charge in [-0.2, -0.15) is 5.10 Å². The number of carbonyl (C=O) groups excluding carboxylic acids is 1. The molecule has 4 aromatic heterocycles. The number of thiophene rings is 1. The molecule has 0 unspecified atom stereocenters. The number of methoxy groups -OCH3 is 1. The lowest BCUT2D eigenvalue weighted by molar-refractivity contribution is -0.380. The molecule has 0 radical (unpaired) electrons. The summed E-state index contributed by atoms with van der Waals surface area (Å²) in [6.07, 6.45) is 8.73. The number of nitrogens with zero attached hydrogens (tertiary/aromatic N) is 6. The Labute approximate surface area is 215 Å². The molecule has 1 aliphatic carbocycles. The fraction of sp³-hybridized carbons (Fsp3) is 0.375. The van der Waals surface area contributed by atoms with Gasteiger partial charge in [0.2, 0.25) is 5.88 Å². The Kier molecular flexibility index (Phi) is 7.32. The number of anilines is 1. The highest BCUT2D eigenvalue weighted by molar-refractivity contribution is 7.17. The van der Waals surface area contributed by atoms with Crippen LogP contribution < -0.4 is 10.1 Å². The summed E-state index contributed by atoms with van der Waals surface area (Å²) in [6.45, 7) is 0.827. The third kappa shape index (κ3) is 5.42. The molecule has 0 atom stereocenters. The van der Waals surface area contributed by atoms with Crippen LogP contribution in [0.1, 0.15) is 47.8 Å². The van der Waals surface area contributed by atoms with E-state index in [1.807, 2.05) is 4.68 Å². The van der Waals surface area contributed by atoms with E-state index in [9.17, 15) is 14.9 Å². The van der Waals surface area contributed by atoms with Gasteiger partial charge >= 0.3 is 5.00 Å². The minimum Gasteiger partial charge on any atom is -0.475 e. The Morgan fingerprint density at radius 3 is 2.70 bits per heavy atom. The number of hydrogen-bond donors (Lipinski definition) is 1. The van der Waals surface area contributed by atoms with E-state index in [1.165, 1.54) is 18.6 Å². The summed E-state index contributed by atoms with van der Waals surface area (Å²) in [5.41, 5.74) is 1.25. The monoisotopic (exact) mass is 523 g/mol. The first-order valence-electron chi connectivity index (χ1n) is 11.9. The van der Waals surface area contributed by atoms with Gasteiger partial charge in [0.1, 0.15) is 12.4 Å². The third-order valence-electron chi connectivity index (χ3n) is 6.13. The Hall–Kier alpha value is -3.97. The molecule has 0 aromatic carbocycles. The van der Waals surface area contributed by atoms with Crippen molar-refractivity contribution in [1.82, 2.24) is 24.7 Å². The van der Waals surface area contributed by atoms with Gasteiger partial charge in [-0.15, -0.1) is 0 Å². The average molecular weight is 524 g/mol. The molecule has 12 nitrogen and oxygen atoms in total. The fourth-order valence-corrected chi connectivity index (χ4v) is 5.00. The lowest BCUT2D eigenvalue weighted by atomic mass is 9.96. The van der Waals surface area contributed by atoms with Crippen LogP contribution in [0.3, 0.4) is 0 Å². The van der Waals surface area contributed by atoms with Gasteiger partial charge in [0.15, 0.2) is 11.5 Å². The second kappa shape index (κ2) is 11.0. The van der Waals surface area contributed by atoms with Crippen LogP contribution in [0.4, 0.5) is 10.8 Å². The molecule has 192 valence electrons. The zero-order chi connectivity index (χ0) is 25.8. The summed E-state index contributed by atoms with van der Waals surface area (Å²) in [7, 11) is 1.60. The number of fused-ring (bicyclic) bond motifs is 1. The molecule has 4 aromatic rings. The molecule has 37 heavy (non-hydrogen) atoms. The van der Waals surface area contributed by atoms with Crippen LogP contribution in [0.5, 0.6) is 5.88 Å². The number of rotatable bonds is 9. The second-order valence-electron chi connectivity index (χ2n) is 8.59. The minimum absolute atomic E-state index is 0.109. The first-order chi connectivity index (χ1) is 18.0. The number of aromatic nitrogens is 5. The predicted octanol–water partition coefficient (Wildman–Crippen LogP) is 4.64. The molecule has 1 fully saturated rings. The van der Waals surface area contributed by atoms with E-state index in [0.717, 1.165) is 37.0 Å². The van der Waals surface area contributed by atoms with Gasteiger partial charge in [-0.3, -0.25) is 14.9 Å². The van der Waals surface area contributed by atoms with E-state index in [-0.39, 0.29) is 21.7 Å². The minimum atomic E-state index is -0.522. The van der Waals surface area contributed by atoms with E-state index < -0.39 is 10.8 Å². The molecule has 4 heterocycles. The first kappa shape index (κ1) is 24.7. The van der Waals surface area contributed by atoms with Gasteiger partial charge in [-0.1, -0.05) is 30.6 Å². The highest BCUT2D eigenvalue weighted by Crippen LogP contribution is 2.33. The van der Waals surface area contributed by atoms with Crippen LogP contribution in [-0.4, -0.2) is 55.9 Å². The maximum absolute atomic E-state index is 13.0. The van der Waals surface area contributed by atoms with E-state index in [4.69, 9.17) is 14.5 Å². The van der Waals surface area contributed by atoms with Crippen molar-refractivity contribution in [3.8, 4) is 17.3 Å². The zero-order valence-electron chi connectivity index (χ0n) is 20.1. The molecule has 0 saturated heterocycles. The van der Waals surface area contributed by atoms with Crippen LogP contribution in [-0.2, 0) is 4.74 Å². The van der Waals surface area contributed by atoms with Gasteiger partial charge in [-0.05, 0) is 25.0 Å². The number of nitrogens with one attached hydrogen (secondary N) is 1. The Balaban J connectivity index is 1.51. The van der Waals surface area contributed by atoms with Crippen LogP contribution in [0.15, 0.2) is 36.7 Å². The van der Waals surface area contributed by atoms with E-state index in [1.54, 1.807) is 31.6 Å². The fourth-order valence-electron chi connectivity index (χ4n) is 4.29. The van der Waals surface area contributed by atoms with Crippen molar-refractivity contribution in [2.45, 2.75) is 38.1 Å². The molecule has 1 aliphatic rings. The van der Waals surface area contributed by atoms with E-state index in [2.05, 4.69) is 20.4 Å². The molecular weight excluding hydrogens is 498 g/mol. The Morgan fingerprint density at radius 2 is 2.00 bits per heavy atom. The van der Waals surface area contributed by atoms with E-state index in [0.29, 0.717) is 41.5 Å². The average Bonchev–Trinajstić information content (AvgIpc) is 3.58. The second-order valence-corrected chi connectivity index (χ2v) is 9.65. The summed E-state index contributed by atoms with van der Waals surface area (Å²) in [5.74, 6) is 0.605. The van der Waals surface area contributed by atoms with Crippen molar-refractivity contribution in [2.24, 2.45) is 0 Å². The Morgan fingerprint density at radius 1 is 1.16 bits per heavy atom. The summed E-state index contributed by atoms with van der Waals surface area (Å²) in [4.78, 5) is 37.5. The van der Waals surface area contributed by atoms with Gasteiger partial charge in [0.05, 0.1) is 34.0 Å². The van der Waals surface area contributed by atoms with Crippen molar-refractivity contribution in [3.63, 3.8) is 0 Å². The van der Waals surface area contributed by atoms with Crippen LogP contribution >= 0.6 is 11.3 Å². The van der Waals surface area contributed by atoms with E-state index >= 15 is 0 Å². The molecule has 13 heteroatoms. The van der Waals surface area contributed by atoms with Crippen molar-refractivity contribution in [1.29, 1.82) is 0 Å². The van der Waals surface area contributed by atoms with Crippen molar-refractivity contribution in [3.05, 3.63) is 51.7 Å². The molecule has 0 bridgehead atoms. The molecule has 0 aliphatic heterocycles. The predicted molar refractivity (Wildman–Crippen MR) is 137 cm³/mol. The van der Waals surface area contributed by atoms with Crippen LogP contribution in [0.2, 0.25) is 0 Å². The lowest BCUT2D eigenvalue weighted by Crippen LogP contribution is -2.16. The highest BCUT2D eigenvalue weighted by atomic mass is 32.1. The maximum atomic E-state index is 13.0. The summed E-state index contributed by atoms with van der Waals surface area (Å²) in [6, 6.07) is 6.47. The lowest BCUT2D eigenvalue weighted by Gasteiger charge is -2.22. The normalized spacial score (nSPS) is 14.1. The molecule has 1 amide bonds. The summed E-state index contributed by atoms with van der Waals surface area (Å²) < 4.78 is 12.5. The third-order valence-corrected chi connectivity index (χ3v) is 7.17. The zero-order valence-corrected chi connectivity index (χ0v) is 20.9. The standard InChI is InChI=1S/C24H25N7O5S/c1-35-11-12-36-19-9-7-15(13-25-19)21-27-22(29-24(32)18-8-10-20(37-18)31(33)34)17-14-26-30(23(17)28-21)16-5-3-2-4-6-16/h7-10,13-14,16H,2-6,11-12H2,1H3,(H,27,28,29,32). The number of nitro groups is 1. The number of hydrogen-bond acceptors (Lipinski definition) is 10. The SMILES string of the molecule is COCCOc1ccc(-c2nc(NC(=O)c3ccc([N+](=O)[O-])s3)c3cnn(C4CCCCC4)c3n2)cn1. The largest absolute Gasteiger partial charge is 0.475 e. The number of carbonyl (C=O) groups is 1. The van der Waals surface area contributed by atoms with Crippen molar-refractivity contribution < 1.29 is 19.2 Å². The van der Waals surface area contributed by atoms with Gasteiger partial charge in [0.25, 0.3) is 5.91 Å². The topological polar surface area (TPSA) is 147 Å². The number of ether oxygens (including phenoxy) is 2. The maximum Gasteiger partial charge on any atom is 0.324 e. The molecule has 0 spiro atoms. The number of amides is 1. The summed E-state index contributed by atoms with van der Waals surface area (Å²) in [5, 5.41) is 19.0. The summed E-state index contributed by atoms with van der Waals surface area (Å²) >= 11 is 0.804. The molecule has 1 N–H and O–H groups in total.